The predicted molar refractivity (Wildman–Crippen MR) is 78.6 cm³/mol. The highest BCUT2D eigenvalue weighted by atomic mass is 16.5. The van der Waals surface area contributed by atoms with Gasteiger partial charge in [0.15, 0.2) is 0 Å². The van der Waals surface area contributed by atoms with Gasteiger partial charge in [-0.05, 0) is 37.4 Å². The first kappa shape index (κ1) is 13.2. The van der Waals surface area contributed by atoms with Crippen LogP contribution in [0.15, 0.2) is 30.5 Å². The first-order chi connectivity index (χ1) is 9.79. The van der Waals surface area contributed by atoms with E-state index in [9.17, 15) is 4.79 Å². The lowest BCUT2D eigenvalue weighted by Crippen LogP contribution is -2.38. The van der Waals surface area contributed by atoms with Crippen molar-refractivity contribution in [1.29, 1.82) is 0 Å². The molecule has 1 atom stereocenters. The van der Waals surface area contributed by atoms with Crippen molar-refractivity contribution in [2.75, 3.05) is 20.2 Å². The van der Waals surface area contributed by atoms with Crippen molar-refractivity contribution in [1.82, 2.24) is 9.88 Å². The van der Waals surface area contributed by atoms with E-state index in [0.717, 1.165) is 32.4 Å². The van der Waals surface area contributed by atoms with E-state index in [2.05, 4.69) is 34.3 Å². The smallest absolute Gasteiger partial charge is 0.323 e. The first-order valence-electron chi connectivity index (χ1n) is 7.16. The Balaban J connectivity index is 1.68. The van der Waals surface area contributed by atoms with Crippen molar-refractivity contribution >= 4 is 16.9 Å². The highest BCUT2D eigenvalue weighted by Gasteiger charge is 2.30. The summed E-state index contributed by atoms with van der Waals surface area (Å²) in [6.45, 7) is 1.89. The van der Waals surface area contributed by atoms with E-state index in [1.165, 1.54) is 23.6 Å². The van der Waals surface area contributed by atoms with Gasteiger partial charge in [-0.1, -0.05) is 18.2 Å². The first-order valence-corrected chi connectivity index (χ1v) is 7.16. The molecule has 2 heterocycles. The highest BCUT2D eigenvalue weighted by molar-refractivity contribution is 5.83. The van der Waals surface area contributed by atoms with Crippen LogP contribution < -0.4 is 0 Å². The molecule has 0 spiro atoms. The maximum Gasteiger partial charge on any atom is 0.323 e. The molecule has 1 aliphatic rings. The zero-order valence-electron chi connectivity index (χ0n) is 11.8. The molecular weight excluding hydrogens is 252 g/mol. The maximum atomic E-state index is 11.7. The molecule has 2 aromatic rings. The number of carbonyl (C=O) groups is 1. The number of aromatic nitrogens is 1. The molecule has 1 aromatic heterocycles. The van der Waals surface area contributed by atoms with Gasteiger partial charge in [0.1, 0.15) is 6.04 Å². The molecule has 20 heavy (non-hydrogen) atoms. The number of fused-ring (bicyclic) bond motifs is 1. The number of aromatic amines is 1. The van der Waals surface area contributed by atoms with E-state index in [0.29, 0.717) is 0 Å². The van der Waals surface area contributed by atoms with E-state index in [4.69, 9.17) is 4.74 Å². The summed E-state index contributed by atoms with van der Waals surface area (Å²) in [5.41, 5.74) is 2.49. The summed E-state index contributed by atoms with van der Waals surface area (Å²) < 4.78 is 4.88. The van der Waals surface area contributed by atoms with Crippen LogP contribution in [-0.2, 0) is 16.0 Å². The number of likely N-dealkylation sites (tertiary alicyclic amines) is 1. The van der Waals surface area contributed by atoms with Crippen molar-refractivity contribution in [3.8, 4) is 0 Å². The van der Waals surface area contributed by atoms with Crippen LogP contribution in [0.25, 0.3) is 10.9 Å². The van der Waals surface area contributed by atoms with Crippen LogP contribution in [0.3, 0.4) is 0 Å². The third-order valence-electron chi connectivity index (χ3n) is 4.18. The van der Waals surface area contributed by atoms with Gasteiger partial charge in [-0.2, -0.15) is 0 Å². The van der Waals surface area contributed by atoms with Crippen molar-refractivity contribution in [3.63, 3.8) is 0 Å². The fourth-order valence-corrected chi connectivity index (χ4v) is 3.10. The van der Waals surface area contributed by atoms with Gasteiger partial charge in [-0.25, -0.2) is 0 Å². The second kappa shape index (κ2) is 5.67. The molecule has 1 aromatic carbocycles. The Morgan fingerprint density at radius 2 is 2.30 bits per heavy atom. The molecule has 0 radical (unpaired) electrons. The number of H-pyrrole nitrogens is 1. The summed E-state index contributed by atoms with van der Waals surface area (Å²) in [4.78, 5) is 17.3. The summed E-state index contributed by atoms with van der Waals surface area (Å²) >= 11 is 0. The average molecular weight is 272 g/mol. The summed E-state index contributed by atoms with van der Waals surface area (Å²) in [7, 11) is 1.47. The number of para-hydroxylation sites is 1. The highest BCUT2D eigenvalue weighted by Crippen LogP contribution is 2.22. The minimum absolute atomic E-state index is 0.0507. The molecular formula is C16H20N2O2. The van der Waals surface area contributed by atoms with Crippen LogP contribution >= 0.6 is 0 Å². The molecule has 1 N–H and O–H groups in total. The number of benzene rings is 1. The van der Waals surface area contributed by atoms with Gasteiger partial charge in [0.2, 0.25) is 0 Å². The topological polar surface area (TPSA) is 45.3 Å². The molecule has 1 fully saturated rings. The fraction of sp³-hybridized carbons (Fsp3) is 0.438. The Morgan fingerprint density at radius 3 is 3.15 bits per heavy atom. The van der Waals surface area contributed by atoms with E-state index >= 15 is 0 Å². The molecule has 1 saturated heterocycles. The van der Waals surface area contributed by atoms with Crippen LogP contribution in [0.4, 0.5) is 0 Å². The lowest BCUT2D eigenvalue weighted by atomic mass is 10.1. The van der Waals surface area contributed by atoms with Crippen LogP contribution in [0.5, 0.6) is 0 Å². The van der Waals surface area contributed by atoms with E-state index < -0.39 is 0 Å². The Morgan fingerprint density at radius 1 is 1.45 bits per heavy atom. The quantitative estimate of drug-likeness (QED) is 0.869. The molecule has 4 nitrogen and oxygen atoms in total. The summed E-state index contributed by atoms with van der Waals surface area (Å²) in [6, 6.07) is 8.28. The van der Waals surface area contributed by atoms with Gasteiger partial charge < -0.3 is 9.72 Å². The van der Waals surface area contributed by atoms with Gasteiger partial charge in [-0.3, -0.25) is 9.69 Å². The number of hydrogen-bond acceptors (Lipinski definition) is 3. The van der Waals surface area contributed by atoms with Crippen LogP contribution in [-0.4, -0.2) is 42.1 Å². The number of hydrogen-bond donors (Lipinski definition) is 1. The molecule has 0 aliphatic carbocycles. The molecule has 1 unspecified atom stereocenters. The molecule has 1 aliphatic heterocycles. The van der Waals surface area contributed by atoms with Gasteiger partial charge in [-0.15, -0.1) is 0 Å². The minimum atomic E-state index is -0.0959. The lowest BCUT2D eigenvalue weighted by Gasteiger charge is -2.21. The standard InChI is InChI=1S/C16H20N2O2/c1-20-16(19)15-7-4-9-18(15)10-8-12-11-17-14-6-3-2-5-13(12)14/h2-3,5-6,11,15,17H,4,7-10H2,1H3. The predicted octanol–water partition coefficient (Wildman–Crippen LogP) is 2.35. The summed E-state index contributed by atoms with van der Waals surface area (Å²) in [5.74, 6) is -0.0959. The number of carbonyl (C=O) groups excluding carboxylic acids is 1. The molecule has 106 valence electrons. The fourth-order valence-electron chi connectivity index (χ4n) is 3.10. The average Bonchev–Trinajstić information content (AvgIpc) is 3.11. The van der Waals surface area contributed by atoms with E-state index in [1.807, 2.05) is 6.07 Å². The van der Waals surface area contributed by atoms with Crippen LogP contribution in [0, 0.1) is 0 Å². The largest absolute Gasteiger partial charge is 0.468 e. The Labute approximate surface area is 118 Å². The van der Waals surface area contributed by atoms with Crippen LogP contribution in [0.2, 0.25) is 0 Å². The van der Waals surface area contributed by atoms with E-state index in [-0.39, 0.29) is 12.0 Å². The van der Waals surface area contributed by atoms with Crippen LogP contribution in [0.1, 0.15) is 18.4 Å². The summed E-state index contributed by atoms with van der Waals surface area (Å²) in [6.07, 6.45) is 5.03. The zero-order chi connectivity index (χ0) is 13.9. The molecule has 0 saturated carbocycles. The second-order valence-corrected chi connectivity index (χ2v) is 5.33. The Kier molecular flexibility index (Phi) is 3.74. The summed E-state index contributed by atoms with van der Waals surface area (Å²) in [5, 5.41) is 1.28. The number of esters is 1. The Bertz CT molecular complexity index is 605. The SMILES string of the molecule is COC(=O)C1CCCN1CCc1c[nH]c2ccccc12. The van der Waals surface area contributed by atoms with Gasteiger partial charge in [0, 0.05) is 23.6 Å². The number of methoxy groups -OCH3 is 1. The lowest BCUT2D eigenvalue weighted by molar-refractivity contribution is -0.145. The third kappa shape index (κ3) is 2.43. The number of nitrogens with one attached hydrogen (secondary N) is 1. The van der Waals surface area contributed by atoms with Gasteiger partial charge in [0.05, 0.1) is 7.11 Å². The van der Waals surface area contributed by atoms with Crippen molar-refractivity contribution in [3.05, 3.63) is 36.0 Å². The van der Waals surface area contributed by atoms with Crippen molar-refractivity contribution in [2.45, 2.75) is 25.3 Å². The third-order valence-corrected chi connectivity index (χ3v) is 4.18. The number of rotatable bonds is 4. The molecule has 4 heteroatoms. The Hall–Kier alpha value is -1.81. The van der Waals surface area contributed by atoms with Gasteiger partial charge >= 0.3 is 5.97 Å². The normalized spacial score (nSPS) is 19.6. The van der Waals surface area contributed by atoms with Crippen molar-refractivity contribution < 1.29 is 9.53 Å². The zero-order valence-corrected chi connectivity index (χ0v) is 11.8. The molecule has 0 amide bonds. The molecule has 0 bridgehead atoms. The number of ether oxygens (including phenoxy) is 1. The maximum absolute atomic E-state index is 11.7. The van der Waals surface area contributed by atoms with Gasteiger partial charge in [0.25, 0.3) is 0 Å². The second-order valence-electron chi connectivity index (χ2n) is 5.33. The minimum Gasteiger partial charge on any atom is -0.468 e. The van der Waals surface area contributed by atoms with E-state index in [1.54, 1.807) is 0 Å². The monoisotopic (exact) mass is 272 g/mol. The van der Waals surface area contributed by atoms with Crippen molar-refractivity contribution in [2.24, 2.45) is 0 Å². The number of nitrogens with zero attached hydrogens (tertiary/aromatic N) is 1. The molecule has 3 rings (SSSR count).